The minimum Gasteiger partial charge on any atom is -0.497 e. The van der Waals surface area contributed by atoms with E-state index < -0.39 is 6.04 Å². The van der Waals surface area contributed by atoms with Crippen LogP contribution in [0.2, 0.25) is 0 Å². The Morgan fingerprint density at radius 1 is 0.902 bits per heavy atom. The lowest BCUT2D eigenvalue weighted by molar-refractivity contribution is -0.137. The van der Waals surface area contributed by atoms with Gasteiger partial charge in [-0.3, -0.25) is 14.5 Å². The summed E-state index contributed by atoms with van der Waals surface area (Å²) < 4.78 is 13.5. The second kappa shape index (κ2) is 11.2. The standard InChI is InChI=1S/C34H35N3O4/c1-4-26(23-11-6-5-7-12-23)34(39)36(24-16-17-24)22-32(38)37-29-14-9-8-13-28(29)35-20-10-15-30(35)33(37)27-21-25(40-2)18-19-31(27)41-3/h5-15,18-21,24,26,33H,4,16-17,22H2,1-3H3. The van der Waals surface area contributed by atoms with Gasteiger partial charge in [0.15, 0.2) is 0 Å². The summed E-state index contributed by atoms with van der Waals surface area (Å²) in [5, 5.41) is 0. The number of fused-ring (bicyclic) bond motifs is 3. The van der Waals surface area contributed by atoms with Gasteiger partial charge in [0.05, 0.1) is 37.2 Å². The predicted molar refractivity (Wildman–Crippen MR) is 159 cm³/mol. The number of ether oxygens (including phenoxy) is 2. The molecule has 4 aromatic rings. The molecule has 0 radical (unpaired) electrons. The quantitative estimate of drug-likeness (QED) is 0.253. The van der Waals surface area contributed by atoms with Crippen molar-refractivity contribution >= 4 is 17.5 Å². The van der Waals surface area contributed by atoms with E-state index in [1.165, 1.54) is 0 Å². The van der Waals surface area contributed by atoms with Gasteiger partial charge < -0.3 is 18.9 Å². The van der Waals surface area contributed by atoms with Crippen LogP contribution in [0.3, 0.4) is 0 Å². The number of carbonyl (C=O) groups is 2. The lowest BCUT2D eigenvalue weighted by Crippen LogP contribution is -2.48. The Labute approximate surface area is 240 Å². The van der Waals surface area contributed by atoms with E-state index in [1.54, 1.807) is 14.2 Å². The molecule has 2 unspecified atom stereocenters. The number of methoxy groups -OCH3 is 2. The maximum atomic E-state index is 14.6. The van der Waals surface area contributed by atoms with Crippen molar-refractivity contribution < 1.29 is 19.1 Å². The van der Waals surface area contributed by atoms with E-state index in [1.807, 2.05) is 108 Å². The first-order chi connectivity index (χ1) is 20.0. The van der Waals surface area contributed by atoms with E-state index >= 15 is 0 Å². The highest BCUT2D eigenvalue weighted by Crippen LogP contribution is 2.46. The van der Waals surface area contributed by atoms with Gasteiger partial charge in [0.2, 0.25) is 11.8 Å². The molecule has 210 valence electrons. The molecule has 2 heterocycles. The average Bonchev–Trinajstić information content (AvgIpc) is 3.74. The molecule has 0 bridgehead atoms. The zero-order valence-electron chi connectivity index (χ0n) is 23.7. The summed E-state index contributed by atoms with van der Waals surface area (Å²) in [5.41, 5.74) is 4.44. The average molecular weight is 550 g/mol. The third kappa shape index (κ3) is 4.86. The number of para-hydroxylation sites is 2. The molecule has 7 heteroatoms. The van der Waals surface area contributed by atoms with Gasteiger partial charge >= 0.3 is 0 Å². The van der Waals surface area contributed by atoms with E-state index in [9.17, 15) is 9.59 Å². The number of benzene rings is 3. The summed E-state index contributed by atoms with van der Waals surface area (Å²) in [4.78, 5) is 32.3. The van der Waals surface area contributed by atoms with Crippen LogP contribution in [-0.2, 0) is 9.59 Å². The van der Waals surface area contributed by atoms with Crippen molar-refractivity contribution in [3.8, 4) is 17.2 Å². The van der Waals surface area contributed by atoms with Crippen LogP contribution in [0.25, 0.3) is 5.69 Å². The van der Waals surface area contributed by atoms with Gasteiger partial charge in [-0.05, 0) is 67.3 Å². The number of anilines is 1. The Kier molecular flexibility index (Phi) is 7.26. The largest absolute Gasteiger partial charge is 0.497 e. The minimum atomic E-state index is -0.482. The molecule has 1 aromatic heterocycles. The molecule has 0 spiro atoms. The molecule has 7 nitrogen and oxygen atoms in total. The summed E-state index contributed by atoms with van der Waals surface area (Å²) in [6.07, 6.45) is 4.51. The molecular weight excluding hydrogens is 514 g/mol. The fourth-order valence-electron chi connectivity index (χ4n) is 6.04. The zero-order valence-corrected chi connectivity index (χ0v) is 23.7. The molecule has 2 amide bonds. The molecule has 0 saturated heterocycles. The molecule has 6 rings (SSSR count). The van der Waals surface area contributed by atoms with Gasteiger partial charge in [0, 0.05) is 17.8 Å². The fraction of sp³-hybridized carbons (Fsp3) is 0.294. The number of amides is 2. The minimum absolute atomic E-state index is 0.00462. The van der Waals surface area contributed by atoms with E-state index in [4.69, 9.17) is 9.47 Å². The van der Waals surface area contributed by atoms with Crippen LogP contribution < -0.4 is 14.4 Å². The molecule has 2 aliphatic rings. The fourth-order valence-corrected chi connectivity index (χ4v) is 6.04. The van der Waals surface area contributed by atoms with Crippen molar-refractivity contribution in [2.45, 2.75) is 44.2 Å². The van der Waals surface area contributed by atoms with Crippen LogP contribution in [0, 0.1) is 0 Å². The first-order valence-corrected chi connectivity index (χ1v) is 14.2. The number of hydrogen-bond donors (Lipinski definition) is 0. The zero-order chi connectivity index (χ0) is 28.5. The molecule has 1 aliphatic carbocycles. The van der Waals surface area contributed by atoms with Crippen LogP contribution in [0.5, 0.6) is 11.5 Å². The lowest BCUT2D eigenvalue weighted by atomic mass is 9.94. The number of aromatic nitrogens is 1. The third-order valence-electron chi connectivity index (χ3n) is 8.20. The molecule has 0 N–H and O–H groups in total. The number of rotatable bonds is 9. The van der Waals surface area contributed by atoms with Crippen LogP contribution in [0.1, 0.15) is 55.0 Å². The van der Waals surface area contributed by atoms with E-state index in [0.717, 1.165) is 41.0 Å². The lowest BCUT2D eigenvalue weighted by Gasteiger charge is -2.40. The summed E-state index contributed by atoms with van der Waals surface area (Å²) >= 11 is 0. The SMILES string of the molecule is CCC(C(=O)N(CC(=O)N1c2ccccc2-n2cccc2C1c1cc(OC)ccc1OC)C1CC1)c1ccccc1. The molecule has 1 saturated carbocycles. The maximum Gasteiger partial charge on any atom is 0.247 e. The Morgan fingerprint density at radius 2 is 1.63 bits per heavy atom. The van der Waals surface area contributed by atoms with Crippen molar-refractivity contribution in [2.75, 3.05) is 25.7 Å². The number of hydrogen-bond acceptors (Lipinski definition) is 4. The molecule has 2 atom stereocenters. The van der Waals surface area contributed by atoms with Crippen molar-refractivity contribution in [2.24, 2.45) is 0 Å². The van der Waals surface area contributed by atoms with Crippen molar-refractivity contribution in [3.63, 3.8) is 0 Å². The highest BCUT2D eigenvalue weighted by atomic mass is 16.5. The first-order valence-electron chi connectivity index (χ1n) is 14.2. The van der Waals surface area contributed by atoms with Crippen LogP contribution in [-0.4, -0.2) is 48.1 Å². The highest BCUT2D eigenvalue weighted by molar-refractivity contribution is 6.01. The predicted octanol–water partition coefficient (Wildman–Crippen LogP) is 6.12. The molecule has 41 heavy (non-hydrogen) atoms. The van der Waals surface area contributed by atoms with Crippen molar-refractivity contribution in [1.82, 2.24) is 9.47 Å². The molecule has 3 aromatic carbocycles. The van der Waals surface area contributed by atoms with Gasteiger partial charge in [-0.25, -0.2) is 0 Å². The number of carbonyl (C=O) groups excluding carboxylic acids is 2. The molecule has 1 aliphatic heterocycles. The van der Waals surface area contributed by atoms with Gasteiger partial charge in [-0.1, -0.05) is 49.4 Å². The van der Waals surface area contributed by atoms with Crippen LogP contribution in [0.4, 0.5) is 5.69 Å². The Bertz CT molecular complexity index is 1560. The van der Waals surface area contributed by atoms with Gasteiger partial charge in [-0.15, -0.1) is 0 Å². The second-order valence-corrected chi connectivity index (χ2v) is 10.6. The van der Waals surface area contributed by atoms with Gasteiger partial charge in [0.25, 0.3) is 0 Å². The summed E-state index contributed by atoms with van der Waals surface area (Å²) in [6.45, 7) is 2.03. The normalized spacial score (nSPS) is 16.4. The summed E-state index contributed by atoms with van der Waals surface area (Å²) in [7, 11) is 3.26. The number of nitrogens with zero attached hydrogens (tertiary/aromatic N) is 3. The van der Waals surface area contributed by atoms with Gasteiger partial charge in [0.1, 0.15) is 24.1 Å². The van der Waals surface area contributed by atoms with Crippen molar-refractivity contribution in [3.05, 3.63) is 108 Å². The summed E-state index contributed by atoms with van der Waals surface area (Å²) in [5.74, 6) is 0.922. The van der Waals surface area contributed by atoms with Crippen molar-refractivity contribution in [1.29, 1.82) is 0 Å². The second-order valence-electron chi connectivity index (χ2n) is 10.6. The molecule has 1 fully saturated rings. The summed E-state index contributed by atoms with van der Waals surface area (Å²) in [6, 6.07) is 27.1. The third-order valence-corrected chi connectivity index (χ3v) is 8.20. The Hall–Kier alpha value is -4.52. The van der Waals surface area contributed by atoms with E-state index in [2.05, 4.69) is 4.57 Å². The smallest absolute Gasteiger partial charge is 0.247 e. The van der Waals surface area contributed by atoms with E-state index in [0.29, 0.717) is 17.9 Å². The highest BCUT2D eigenvalue weighted by Gasteiger charge is 2.42. The van der Waals surface area contributed by atoms with Crippen LogP contribution >= 0.6 is 0 Å². The van der Waals surface area contributed by atoms with E-state index in [-0.39, 0.29) is 30.3 Å². The first kappa shape index (κ1) is 26.7. The van der Waals surface area contributed by atoms with Crippen LogP contribution in [0.15, 0.2) is 91.1 Å². The van der Waals surface area contributed by atoms with Gasteiger partial charge in [-0.2, -0.15) is 0 Å². The Balaban J connectivity index is 1.43. The monoisotopic (exact) mass is 549 g/mol. The Morgan fingerprint density at radius 3 is 2.32 bits per heavy atom. The molecular formula is C34H35N3O4. The maximum absolute atomic E-state index is 14.6. The topological polar surface area (TPSA) is 64.0 Å².